The van der Waals surface area contributed by atoms with Crippen LogP contribution >= 0.6 is 0 Å². The number of ether oxygens (including phenoxy) is 2. The van der Waals surface area contributed by atoms with Gasteiger partial charge in [0.2, 0.25) is 0 Å². The number of hydrogen-bond donors (Lipinski definition) is 1. The van der Waals surface area contributed by atoms with Crippen LogP contribution in [0.15, 0.2) is 109 Å². The molecule has 0 spiro atoms. The first-order valence-corrected chi connectivity index (χ1v) is 11.6. The predicted molar refractivity (Wildman–Crippen MR) is 131 cm³/mol. The Labute approximate surface area is 219 Å². The summed E-state index contributed by atoms with van der Waals surface area (Å²) in [5.74, 6) is -1.72. The van der Waals surface area contributed by atoms with E-state index in [0.29, 0.717) is 5.56 Å². The monoisotopic (exact) mass is 545 g/mol. The summed E-state index contributed by atoms with van der Waals surface area (Å²) in [6.07, 6.45) is -10.0. The highest BCUT2D eigenvalue weighted by molar-refractivity contribution is 5.95. The van der Waals surface area contributed by atoms with E-state index < -0.39 is 35.7 Å². The number of nitrogens with one attached hydrogen (secondary N) is 1. The Morgan fingerprint density at radius 2 is 1.08 bits per heavy atom. The van der Waals surface area contributed by atoms with Gasteiger partial charge in [0, 0.05) is 12.0 Å². The normalized spacial score (nSPS) is 12.1. The van der Waals surface area contributed by atoms with E-state index in [-0.39, 0.29) is 23.1 Å². The lowest BCUT2D eigenvalue weighted by Crippen LogP contribution is -2.48. The molecular formula is C29H21F6NO3. The maximum absolute atomic E-state index is 13.5. The van der Waals surface area contributed by atoms with Gasteiger partial charge in [-0.3, -0.25) is 4.79 Å². The number of carbonyl (C=O) groups is 1. The maximum Gasteiger partial charge on any atom is 0.573 e. The van der Waals surface area contributed by atoms with Crippen molar-refractivity contribution >= 4 is 5.91 Å². The van der Waals surface area contributed by atoms with Crippen LogP contribution in [-0.4, -0.2) is 18.6 Å². The van der Waals surface area contributed by atoms with E-state index in [4.69, 9.17) is 0 Å². The standard InChI is InChI=1S/C29H21F6NO3/c30-28(31,32)38-24-15-7-13-22(17-24)27(19-20-9-3-1-4-10-20,36-26(37)21-11-5-2-6-12-21)23-14-8-16-25(18-23)39-29(33,34)35/h1-18H,19H2,(H,36,37). The van der Waals surface area contributed by atoms with Crippen LogP contribution in [0.5, 0.6) is 11.5 Å². The van der Waals surface area contributed by atoms with Crippen molar-refractivity contribution in [1.29, 1.82) is 0 Å². The molecule has 0 aliphatic heterocycles. The Morgan fingerprint density at radius 1 is 0.615 bits per heavy atom. The largest absolute Gasteiger partial charge is 0.573 e. The van der Waals surface area contributed by atoms with Crippen molar-refractivity contribution in [2.75, 3.05) is 0 Å². The summed E-state index contributed by atoms with van der Waals surface area (Å²) in [5.41, 5.74) is -0.483. The fraction of sp³-hybridized carbons (Fsp3) is 0.138. The van der Waals surface area contributed by atoms with E-state index in [1.807, 2.05) is 0 Å². The quantitative estimate of drug-likeness (QED) is 0.235. The Balaban J connectivity index is 1.94. The van der Waals surface area contributed by atoms with Gasteiger partial charge in [-0.05, 0) is 53.1 Å². The first-order valence-electron chi connectivity index (χ1n) is 11.6. The molecule has 0 aliphatic rings. The molecule has 0 aromatic heterocycles. The zero-order valence-electron chi connectivity index (χ0n) is 20.1. The van der Waals surface area contributed by atoms with Crippen molar-refractivity contribution in [3.63, 3.8) is 0 Å². The highest BCUT2D eigenvalue weighted by Gasteiger charge is 2.39. The smallest absolute Gasteiger partial charge is 0.406 e. The van der Waals surface area contributed by atoms with E-state index in [9.17, 15) is 31.1 Å². The fourth-order valence-electron chi connectivity index (χ4n) is 4.23. The third-order valence-electron chi connectivity index (χ3n) is 5.80. The molecule has 0 aliphatic carbocycles. The first kappa shape index (κ1) is 27.6. The van der Waals surface area contributed by atoms with Gasteiger partial charge in [0.25, 0.3) is 5.91 Å². The zero-order valence-corrected chi connectivity index (χ0v) is 20.1. The Kier molecular flexibility index (Phi) is 7.85. The van der Waals surface area contributed by atoms with Gasteiger partial charge in [-0.2, -0.15) is 0 Å². The van der Waals surface area contributed by atoms with Crippen molar-refractivity contribution in [1.82, 2.24) is 5.32 Å². The maximum atomic E-state index is 13.5. The Bertz CT molecular complexity index is 1350. The van der Waals surface area contributed by atoms with Crippen LogP contribution in [0.25, 0.3) is 0 Å². The summed E-state index contributed by atoms with van der Waals surface area (Å²) in [4.78, 5) is 13.5. The van der Waals surface area contributed by atoms with E-state index >= 15 is 0 Å². The molecule has 0 unspecified atom stereocenters. The summed E-state index contributed by atoms with van der Waals surface area (Å²) in [7, 11) is 0. The van der Waals surface area contributed by atoms with E-state index in [1.165, 1.54) is 36.4 Å². The molecule has 1 amide bonds. The second-order valence-corrected chi connectivity index (χ2v) is 8.54. The van der Waals surface area contributed by atoms with Crippen molar-refractivity contribution < 1.29 is 40.6 Å². The van der Waals surface area contributed by atoms with E-state index in [0.717, 1.165) is 24.3 Å². The van der Waals surface area contributed by atoms with Crippen molar-refractivity contribution in [2.45, 2.75) is 24.7 Å². The molecule has 4 rings (SSSR count). The van der Waals surface area contributed by atoms with Crippen LogP contribution in [0.1, 0.15) is 27.0 Å². The van der Waals surface area contributed by atoms with Crippen LogP contribution in [0.3, 0.4) is 0 Å². The van der Waals surface area contributed by atoms with Gasteiger partial charge in [0.05, 0.1) is 5.54 Å². The zero-order chi connectivity index (χ0) is 28.1. The van der Waals surface area contributed by atoms with E-state index in [2.05, 4.69) is 14.8 Å². The highest BCUT2D eigenvalue weighted by Crippen LogP contribution is 2.38. The second-order valence-electron chi connectivity index (χ2n) is 8.54. The van der Waals surface area contributed by atoms with Gasteiger partial charge in [0.1, 0.15) is 11.5 Å². The molecule has 0 fully saturated rings. The highest BCUT2D eigenvalue weighted by atomic mass is 19.4. The van der Waals surface area contributed by atoms with Gasteiger partial charge >= 0.3 is 12.7 Å². The average molecular weight is 545 g/mol. The third-order valence-corrected chi connectivity index (χ3v) is 5.80. The number of rotatable bonds is 8. The molecule has 0 saturated carbocycles. The number of benzene rings is 4. The Morgan fingerprint density at radius 3 is 1.54 bits per heavy atom. The molecular weight excluding hydrogens is 524 g/mol. The number of alkyl halides is 6. The van der Waals surface area contributed by atoms with E-state index in [1.54, 1.807) is 48.5 Å². The molecule has 0 radical (unpaired) electrons. The third kappa shape index (κ3) is 7.31. The first-order chi connectivity index (χ1) is 18.4. The van der Waals surface area contributed by atoms with Gasteiger partial charge in [-0.1, -0.05) is 72.8 Å². The fourth-order valence-corrected chi connectivity index (χ4v) is 4.23. The molecule has 4 nitrogen and oxygen atoms in total. The molecule has 1 N–H and O–H groups in total. The SMILES string of the molecule is O=C(NC(Cc1ccccc1)(c1cccc(OC(F)(F)F)c1)c1cccc(OC(F)(F)F)c1)c1ccccc1. The molecule has 202 valence electrons. The van der Waals surface area contributed by atoms with Crippen LogP contribution in [0.4, 0.5) is 26.3 Å². The lowest BCUT2D eigenvalue weighted by atomic mass is 9.77. The molecule has 0 bridgehead atoms. The van der Waals surface area contributed by atoms with Gasteiger partial charge in [-0.25, -0.2) is 0 Å². The lowest BCUT2D eigenvalue weighted by molar-refractivity contribution is -0.275. The van der Waals surface area contributed by atoms with Gasteiger partial charge in [0.15, 0.2) is 0 Å². The number of halogens is 6. The van der Waals surface area contributed by atoms with Crippen LogP contribution in [0, 0.1) is 0 Å². The summed E-state index contributed by atoms with van der Waals surface area (Å²) >= 11 is 0. The molecule has 0 heterocycles. The minimum atomic E-state index is -4.99. The average Bonchev–Trinajstić information content (AvgIpc) is 2.88. The second kappa shape index (κ2) is 11.1. The summed E-state index contributed by atoms with van der Waals surface area (Å²) < 4.78 is 86.6. The minimum Gasteiger partial charge on any atom is -0.406 e. The summed E-state index contributed by atoms with van der Waals surface area (Å²) in [6.45, 7) is 0. The topological polar surface area (TPSA) is 47.6 Å². The molecule has 0 atom stereocenters. The van der Waals surface area contributed by atoms with Crippen LogP contribution < -0.4 is 14.8 Å². The van der Waals surface area contributed by atoms with Crippen molar-refractivity contribution in [3.05, 3.63) is 131 Å². The number of hydrogen-bond acceptors (Lipinski definition) is 3. The van der Waals surface area contributed by atoms with Crippen molar-refractivity contribution in [3.8, 4) is 11.5 Å². The molecule has 4 aromatic rings. The van der Waals surface area contributed by atoms with Gasteiger partial charge in [-0.15, -0.1) is 26.3 Å². The number of amides is 1. The number of carbonyl (C=O) groups excluding carboxylic acids is 1. The lowest BCUT2D eigenvalue weighted by Gasteiger charge is -2.37. The molecule has 0 saturated heterocycles. The summed E-state index contributed by atoms with van der Waals surface area (Å²) in [6, 6.07) is 26.6. The molecule has 4 aromatic carbocycles. The minimum absolute atomic E-state index is 0.0304. The van der Waals surface area contributed by atoms with Crippen molar-refractivity contribution in [2.24, 2.45) is 0 Å². The molecule has 10 heteroatoms. The summed E-state index contributed by atoms with van der Waals surface area (Å²) in [5, 5.41) is 2.90. The molecule has 39 heavy (non-hydrogen) atoms. The van der Waals surface area contributed by atoms with Crippen LogP contribution in [0.2, 0.25) is 0 Å². The van der Waals surface area contributed by atoms with Gasteiger partial charge < -0.3 is 14.8 Å². The Hall–Kier alpha value is -4.47. The van der Waals surface area contributed by atoms with Crippen LogP contribution in [-0.2, 0) is 12.0 Å². The predicted octanol–water partition coefficient (Wildman–Crippen LogP) is 7.40.